The fourth-order valence-corrected chi connectivity index (χ4v) is 3.35. The van der Waals surface area contributed by atoms with E-state index >= 15 is 0 Å². The monoisotopic (exact) mass is 412 g/mol. The summed E-state index contributed by atoms with van der Waals surface area (Å²) in [6.45, 7) is 5.52. The van der Waals surface area contributed by atoms with Crippen molar-refractivity contribution in [2.45, 2.75) is 136 Å². The van der Waals surface area contributed by atoms with Gasteiger partial charge in [0.05, 0.1) is 13.2 Å². The highest BCUT2D eigenvalue weighted by molar-refractivity contribution is 5.69. The van der Waals surface area contributed by atoms with Crippen LogP contribution in [-0.4, -0.2) is 25.2 Å². The van der Waals surface area contributed by atoms with Crippen molar-refractivity contribution in [3.8, 4) is 0 Å². The van der Waals surface area contributed by atoms with Crippen LogP contribution in [0.4, 0.5) is 0 Å². The van der Waals surface area contributed by atoms with Crippen molar-refractivity contribution in [1.29, 1.82) is 0 Å². The van der Waals surface area contributed by atoms with Gasteiger partial charge in [-0.3, -0.25) is 9.59 Å². The largest absolute Gasteiger partial charge is 0.466 e. The van der Waals surface area contributed by atoms with Gasteiger partial charge in [-0.2, -0.15) is 0 Å². The maximum atomic E-state index is 11.7. The molecule has 4 nitrogen and oxygen atoms in total. The number of carbonyl (C=O) groups is 2. The molecule has 0 rings (SSSR count). The molecule has 0 spiro atoms. The van der Waals surface area contributed by atoms with E-state index in [-0.39, 0.29) is 11.9 Å². The fraction of sp³-hybridized carbons (Fsp3) is 0.920. The minimum absolute atomic E-state index is 0.0978. The van der Waals surface area contributed by atoms with Crippen LogP contribution >= 0.6 is 0 Å². The quantitative estimate of drug-likeness (QED) is 0.136. The molecule has 0 saturated carbocycles. The number of hydrogen-bond acceptors (Lipinski definition) is 4. The molecule has 0 N–H and O–H groups in total. The van der Waals surface area contributed by atoms with Crippen molar-refractivity contribution in [1.82, 2.24) is 0 Å². The number of esters is 2. The highest BCUT2D eigenvalue weighted by atomic mass is 16.5. The molecule has 0 aromatic rings. The molecule has 0 amide bonds. The van der Waals surface area contributed by atoms with Gasteiger partial charge in [-0.1, -0.05) is 97.3 Å². The van der Waals surface area contributed by atoms with Gasteiger partial charge >= 0.3 is 11.9 Å². The van der Waals surface area contributed by atoms with Crippen molar-refractivity contribution in [3.63, 3.8) is 0 Å². The third kappa shape index (κ3) is 23.1. The second-order valence-electron chi connectivity index (χ2n) is 8.24. The molecular formula is C25H48O4. The van der Waals surface area contributed by atoms with Gasteiger partial charge < -0.3 is 9.47 Å². The van der Waals surface area contributed by atoms with E-state index in [0.717, 1.165) is 44.9 Å². The SMILES string of the molecule is CCCCCCCCCCCCOC(=O)CCCCCC(=O)OCCCCCC. The minimum Gasteiger partial charge on any atom is -0.466 e. The second kappa shape index (κ2) is 23.2. The summed E-state index contributed by atoms with van der Waals surface area (Å²) in [5.41, 5.74) is 0. The summed E-state index contributed by atoms with van der Waals surface area (Å²) < 4.78 is 10.5. The van der Waals surface area contributed by atoms with E-state index in [1.54, 1.807) is 0 Å². The van der Waals surface area contributed by atoms with Crippen LogP contribution < -0.4 is 0 Å². The van der Waals surface area contributed by atoms with Gasteiger partial charge in [-0.25, -0.2) is 0 Å². The lowest BCUT2D eigenvalue weighted by molar-refractivity contribution is -0.144. The van der Waals surface area contributed by atoms with E-state index in [2.05, 4.69) is 13.8 Å². The van der Waals surface area contributed by atoms with Crippen molar-refractivity contribution in [2.24, 2.45) is 0 Å². The van der Waals surface area contributed by atoms with Crippen LogP contribution in [0.3, 0.4) is 0 Å². The van der Waals surface area contributed by atoms with Gasteiger partial charge in [-0.15, -0.1) is 0 Å². The summed E-state index contributed by atoms with van der Waals surface area (Å²) in [4.78, 5) is 23.3. The van der Waals surface area contributed by atoms with Gasteiger partial charge in [0.2, 0.25) is 0 Å². The molecule has 0 radical (unpaired) electrons. The number of hydrogen-bond donors (Lipinski definition) is 0. The molecule has 0 atom stereocenters. The molecule has 0 fully saturated rings. The first kappa shape index (κ1) is 27.9. The Morgan fingerprint density at radius 2 is 0.759 bits per heavy atom. The lowest BCUT2D eigenvalue weighted by atomic mass is 10.1. The van der Waals surface area contributed by atoms with Gasteiger partial charge in [-0.05, 0) is 25.7 Å². The molecule has 0 aromatic carbocycles. The van der Waals surface area contributed by atoms with E-state index in [0.29, 0.717) is 26.1 Å². The van der Waals surface area contributed by atoms with E-state index in [9.17, 15) is 9.59 Å². The highest BCUT2D eigenvalue weighted by Crippen LogP contribution is 2.11. The lowest BCUT2D eigenvalue weighted by Crippen LogP contribution is -2.07. The van der Waals surface area contributed by atoms with Crippen LogP contribution in [0.1, 0.15) is 136 Å². The first-order chi connectivity index (χ1) is 14.2. The topological polar surface area (TPSA) is 52.6 Å². The van der Waals surface area contributed by atoms with Crippen LogP contribution in [0.25, 0.3) is 0 Å². The Balaban J connectivity index is 3.27. The first-order valence-corrected chi connectivity index (χ1v) is 12.5. The van der Waals surface area contributed by atoms with E-state index in [4.69, 9.17) is 9.47 Å². The zero-order valence-corrected chi connectivity index (χ0v) is 19.5. The third-order valence-corrected chi connectivity index (χ3v) is 5.28. The predicted octanol–water partition coefficient (Wildman–Crippen LogP) is 7.52. The maximum absolute atomic E-state index is 11.7. The predicted molar refractivity (Wildman–Crippen MR) is 121 cm³/mol. The Morgan fingerprint density at radius 3 is 1.17 bits per heavy atom. The van der Waals surface area contributed by atoms with Gasteiger partial charge in [0.15, 0.2) is 0 Å². The maximum Gasteiger partial charge on any atom is 0.305 e. The Labute approximate surface area is 180 Å². The fourth-order valence-electron chi connectivity index (χ4n) is 3.35. The van der Waals surface area contributed by atoms with Crippen LogP contribution in [0.5, 0.6) is 0 Å². The number of carbonyl (C=O) groups excluding carboxylic acids is 2. The van der Waals surface area contributed by atoms with Crippen molar-refractivity contribution in [2.75, 3.05) is 13.2 Å². The van der Waals surface area contributed by atoms with Crippen molar-refractivity contribution >= 4 is 11.9 Å². The van der Waals surface area contributed by atoms with E-state index in [1.165, 1.54) is 64.2 Å². The summed E-state index contributed by atoms with van der Waals surface area (Å²) in [6, 6.07) is 0. The Morgan fingerprint density at radius 1 is 0.448 bits per heavy atom. The van der Waals surface area contributed by atoms with Crippen LogP contribution in [0.2, 0.25) is 0 Å². The molecule has 0 saturated heterocycles. The number of ether oxygens (including phenoxy) is 2. The molecule has 0 aliphatic carbocycles. The van der Waals surface area contributed by atoms with Crippen LogP contribution in [-0.2, 0) is 19.1 Å². The van der Waals surface area contributed by atoms with Crippen molar-refractivity contribution < 1.29 is 19.1 Å². The summed E-state index contributed by atoms with van der Waals surface area (Å²) in [7, 11) is 0. The molecular weight excluding hydrogens is 364 g/mol. The smallest absolute Gasteiger partial charge is 0.305 e. The molecule has 172 valence electrons. The summed E-state index contributed by atoms with van der Waals surface area (Å²) in [5, 5.41) is 0. The summed E-state index contributed by atoms with van der Waals surface area (Å²) in [5.74, 6) is -0.204. The van der Waals surface area contributed by atoms with Crippen molar-refractivity contribution in [3.05, 3.63) is 0 Å². The summed E-state index contributed by atoms with van der Waals surface area (Å²) in [6.07, 6.45) is 20.7. The van der Waals surface area contributed by atoms with Crippen LogP contribution in [0, 0.1) is 0 Å². The molecule has 0 heterocycles. The van der Waals surface area contributed by atoms with Gasteiger partial charge in [0.1, 0.15) is 0 Å². The molecule has 4 heteroatoms. The second-order valence-corrected chi connectivity index (χ2v) is 8.24. The van der Waals surface area contributed by atoms with E-state index < -0.39 is 0 Å². The summed E-state index contributed by atoms with van der Waals surface area (Å²) >= 11 is 0. The Hall–Kier alpha value is -1.06. The van der Waals surface area contributed by atoms with Crippen LogP contribution in [0.15, 0.2) is 0 Å². The zero-order valence-electron chi connectivity index (χ0n) is 19.5. The molecule has 0 aliphatic heterocycles. The highest BCUT2D eigenvalue weighted by Gasteiger charge is 2.05. The van der Waals surface area contributed by atoms with Gasteiger partial charge in [0, 0.05) is 12.8 Å². The lowest BCUT2D eigenvalue weighted by Gasteiger charge is -2.06. The Kier molecular flexibility index (Phi) is 22.4. The zero-order chi connectivity index (χ0) is 21.4. The molecule has 29 heavy (non-hydrogen) atoms. The van der Waals surface area contributed by atoms with Gasteiger partial charge in [0.25, 0.3) is 0 Å². The molecule has 0 aliphatic rings. The van der Waals surface area contributed by atoms with E-state index in [1.807, 2.05) is 0 Å². The number of rotatable bonds is 22. The third-order valence-electron chi connectivity index (χ3n) is 5.28. The first-order valence-electron chi connectivity index (χ1n) is 12.5. The normalized spacial score (nSPS) is 10.8. The minimum atomic E-state index is -0.106. The standard InChI is InChI=1S/C25H48O4/c1-3-5-7-9-10-11-12-13-14-19-23-29-25(27)21-17-15-16-20-24(26)28-22-18-8-6-4-2/h3-23H2,1-2H3. The average molecular weight is 413 g/mol. The average Bonchev–Trinajstić information content (AvgIpc) is 2.71. The Bertz CT molecular complexity index is 368. The molecule has 0 aromatic heterocycles. The molecule has 0 unspecified atom stereocenters. The number of unbranched alkanes of at least 4 members (excludes halogenated alkanes) is 14. The molecule has 0 bridgehead atoms.